The summed E-state index contributed by atoms with van der Waals surface area (Å²) in [5, 5.41) is 10.3. The van der Waals surface area contributed by atoms with Crippen molar-refractivity contribution in [3.63, 3.8) is 0 Å². The second-order valence-corrected chi connectivity index (χ2v) is 6.80. The van der Waals surface area contributed by atoms with Gasteiger partial charge >= 0.3 is 87.4 Å². The van der Waals surface area contributed by atoms with Gasteiger partial charge in [-0.15, -0.1) is 0 Å². The van der Waals surface area contributed by atoms with Gasteiger partial charge in [0, 0.05) is 0 Å². The Bertz CT molecular complexity index is 237. The van der Waals surface area contributed by atoms with E-state index in [1.807, 2.05) is 19.1 Å². The third kappa shape index (κ3) is 2.72. The van der Waals surface area contributed by atoms with E-state index in [1.165, 1.54) is 0 Å². The molecule has 0 saturated heterocycles. The number of halogens is 1. The number of hydrogen-bond acceptors (Lipinski definition) is 1. The zero-order chi connectivity index (χ0) is 8.48. The van der Waals surface area contributed by atoms with E-state index in [-0.39, 0.29) is 0 Å². The molecule has 1 unspecified atom stereocenters. The topological polar surface area (TPSA) is 20.2 Å². The summed E-state index contributed by atoms with van der Waals surface area (Å²) in [6, 6.07) is 7.30. The second-order valence-electron chi connectivity index (χ2n) is 2.58. The van der Waals surface area contributed by atoms with Gasteiger partial charge in [0.05, 0.1) is 0 Å². The van der Waals surface area contributed by atoms with Crippen LogP contribution in [0.3, 0.4) is 0 Å². The summed E-state index contributed by atoms with van der Waals surface area (Å²) < 4.78 is -0.634. The Labute approximate surface area is 87.1 Å². The van der Waals surface area contributed by atoms with E-state index in [9.17, 15) is 5.11 Å². The van der Waals surface area contributed by atoms with Gasteiger partial charge in [-0.25, -0.2) is 0 Å². The number of aliphatic hydroxyl groups is 1. The van der Waals surface area contributed by atoms with Gasteiger partial charge in [-0.05, 0) is 0 Å². The van der Waals surface area contributed by atoms with Crippen LogP contribution in [0.25, 0.3) is 0 Å². The Morgan fingerprint density at radius 1 is 1.36 bits per heavy atom. The van der Waals surface area contributed by atoms with Crippen molar-refractivity contribution in [3.05, 3.63) is 34.9 Å². The normalized spacial score (nSPS) is 16.0. The van der Waals surface area contributed by atoms with E-state index in [0.29, 0.717) is 5.02 Å². The summed E-state index contributed by atoms with van der Waals surface area (Å²) in [5.74, 6) is 0. The van der Waals surface area contributed by atoms with Gasteiger partial charge in [-0.1, -0.05) is 0 Å². The van der Waals surface area contributed by atoms with E-state index in [4.69, 9.17) is 11.6 Å². The summed E-state index contributed by atoms with van der Waals surface area (Å²) in [4.78, 5) is 0. The van der Waals surface area contributed by atoms with Gasteiger partial charge in [0.2, 0.25) is 0 Å². The van der Waals surface area contributed by atoms with Crippen LogP contribution in [0.15, 0.2) is 24.3 Å². The van der Waals surface area contributed by atoms with Crippen LogP contribution in [0.1, 0.15) is 12.5 Å². The molecule has 0 fully saturated rings. The molecule has 0 aliphatic rings. The Kier molecular flexibility index (Phi) is 2.94. The van der Waals surface area contributed by atoms with E-state index >= 15 is 0 Å². The summed E-state index contributed by atoms with van der Waals surface area (Å²) in [6.45, 7) is 1.81. The first kappa shape index (κ1) is 9.48. The van der Waals surface area contributed by atoms with Gasteiger partial charge in [0.15, 0.2) is 0 Å². The van der Waals surface area contributed by atoms with Crippen LogP contribution in [0.5, 0.6) is 0 Å². The van der Waals surface area contributed by atoms with Crippen LogP contribution in [-0.4, -0.2) is 30.9 Å². The molecular formula is C8H8ClOPb. The average molecular weight is 363 g/mol. The van der Waals surface area contributed by atoms with Crippen LogP contribution < -0.4 is 0 Å². The molecule has 0 aliphatic carbocycles. The van der Waals surface area contributed by atoms with E-state index in [1.54, 1.807) is 12.1 Å². The fourth-order valence-electron chi connectivity index (χ4n) is 0.774. The molecule has 1 aromatic rings. The maximum atomic E-state index is 9.60. The minimum absolute atomic E-state index is 0.634. The van der Waals surface area contributed by atoms with Gasteiger partial charge in [0.25, 0.3) is 0 Å². The molecule has 57 valence electrons. The molecule has 0 heterocycles. The molecule has 0 amide bonds. The van der Waals surface area contributed by atoms with E-state index < -0.39 is 3.16 Å². The fraction of sp³-hybridized carbons (Fsp3) is 0.250. The molecule has 0 bridgehead atoms. The second kappa shape index (κ2) is 3.41. The first-order chi connectivity index (χ1) is 5.00. The van der Waals surface area contributed by atoms with E-state index in [2.05, 4.69) is 0 Å². The molecule has 3 heteroatoms. The van der Waals surface area contributed by atoms with Crippen molar-refractivity contribution in [2.45, 2.75) is 10.1 Å². The summed E-state index contributed by atoms with van der Waals surface area (Å²) in [6.07, 6.45) is 0. The van der Waals surface area contributed by atoms with Crippen molar-refractivity contribution in [2.24, 2.45) is 0 Å². The number of hydrogen-bond donors (Lipinski definition) is 1. The molecule has 1 atom stereocenters. The average Bonchev–Trinajstić information content (AvgIpc) is 1.86. The van der Waals surface area contributed by atoms with Crippen LogP contribution in [0.2, 0.25) is 5.02 Å². The molecule has 1 N–H and O–H groups in total. The quantitative estimate of drug-likeness (QED) is 0.754. The summed E-state index contributed by atoms with van der Waals surface area (Å²) >= 11 is 6.42. The zero-order valence-corrected chi connectivity index (χ0v) is 10.8. The standard InChI is InChI=1S/C8H8ClO.Pb/c1-6(10)7-2-4-8(9)5-3-7;/h2-5,10H,1H3;. The Balaban J connectivity index is 2.99. The first-order valence-electron chi connectivity index (χ1n) is 3.23. The van der Waals surface area contributed by atoms with Gasteiger partial charge < -0.3 is 0 Å². The molecule has 0 saturated carbocycles. The third-order valence-corrected chi connectivity index (χ3v) is 2.78. The maximum absolute atomic E-state index is 9.60. The molecule has 1 aromatic carbocycles. The molecule has 0 spiro atoms. The van der Waals surface area contributed by atoms with Crippen LogP contribution >= 0.6 is 11.6 Å². The Morgan fingerprint density at radius 3 is 2.18 bits per heavy atom. The molecule has 1 rings (SSSR count). The monoisotopic (exact) mass is 363 g/mol. The SMILES string of the molecule is C[C](O)([Pb])c1ccc(Cl)cc1. The van der Waals surface area contributed by atoms with Gasteiger partial charge in [-0.2, -0.15) is 0 Å². The number of rotatable bonds is 1. The van der Waals surface area contributed by atoms with Crippen molar-refractivity contribution in [3.8, 4) is 0 Å². The van der Waals surface area contributed by atoms with Crippen molar-refractivity contribution in [1.29, 1.82) is 0 Å². The van der Waals surface area contributed by atoms with Gasteiger partial charge in [-0.3, -0.25) is 0 Å². The molecule has 3 radical (unpaired) electrons. The predicted molar refractivity (Wildman–Crippen MR) is 46.8 cm³/mol. The van der Waals surface area contributed by atoms with Crippen molar-refractivity contribution < 1.29 is 5.11 Å². The summed E-state index contributed by atoms with van der Waals surface area (Å²) in [5.41, 5.74) is 0.938. The van der Waals surface area contributed by atoms with Crippen LogP contribution in [0, 0.1) is 0 Å². The predicted octanol–water partition coefficient (Wildman–Crippen LogP) is 1.67. The molecule has 11 heavy (non-hydrogen) atoms. The fourth-order valence-corrected chi connectivity index (χ4v) is 1.55. The molecule has 1 nitrogen and oxygen atoms in total. The van der Waals surface area contributed by atoms with Crippen molar-refractivity contribution >= 4 is 37.4 Å². The molecule has 0 aromatic heterocycles. The number of benzene rings is 1. The Morgan fingerprint density at radius 2 is 1.82 bits per heavy atom. The zero-order valence-electron chi connectivity index (χ0n) is 6.13. The summed E-state index contributed by atoms with van der Waals surface area (Å²) in [7, 11) is 0. The third-order valence-electron chi connectivity index (χ3n) is 1.41. The first-order valence-corrected chi connectivity index (χ1v) is 5.56. The van der Waals surface area contributed by atoms with Crippen molar-refractivity contribution in [1.82, 2.24) is 0 Å². The Hall–Kier alpha value is 0.392. The van der Waals surface area contributed by atoms with Gasteiger partial charge in [0.1, 0.15) is 0 Å². The van der Waals surface area contributed by atoms with Crippen molar-refractivity contribution in [2.75, 3.05) is 0 Å². The van der Waals surface area contributed by atoms with Crippen LogP contribution in [-0.2, 0) is 3.16 Å². The molecule has 0 aliphatic heterocycles. The van der Waals surface area contributed by atoms with Crippen LogP contribution in [0.4, 0.5) is 0 Å². The molecular weight excluding hydrogens is 355 g/mol. The minimum atomic E-state index is -0.634. The van der Waals surface area contributed by atoms with E-state index in [0.717, 1.165) is 31.3 Å².